The third-order valence-corrected chi connectivity index (χ3v) is 3.05. The van der Waals surface area contributed by atoms with Crippen molar-refractivity contribution in [3.8, 4) is 0 Å². The van der Waals surface area contributed by atoms with Gasteiger partial charge in [0.15, 0.2) is 6.29 Å². The molecule has 0 aliphatic heterocycles. The van der Waals surface area contributed by atoms with Gasteiger partial charge < -0.3 is 14.5 Å². The number of hydrogen-bond acceptors (Lipinski definition) is 3. The molecule has 0 aromatic carbocycles. The van der Waals surface area contributed by atoms with Crippen LogP contribution in [0.25, 0.3) is 0 Å². The van der Waals surface area contributed by atoms with E-state index in [4.69, 9.17) is 4.74 Å². The molecule has 1 aromatic heterocycles. The van der Waals surface area contributed by atoms with Crippen molar-refractivity contribution in [3.05, 3.63) is 21.4 Å². The highest BCUT2D eigenvalue weighted by atomic mass is 79.9. The van der Waals surface area contributed by atoms with Crippen molar-refractivity contribution < 1.29 is 14.3 Å². The van der Waals surface area contributed by atoms with Crippen molar-refractivity contribution in [1.29, 1.82) is 0 Å². The first-order valence-electron chi connectivity index (χ1n) is 5.92. The van der Waals surface area contributed by atoms with Crippen LogP contribution in [0, 0.1) is 6.92 Å². The van der Waals surface area contributed by atoms with E-state index < -0.39 is 0 Å². The Morgan fingerprint density at radius 2 is 1.78 bits per heavy atom. The van der Waals surface area contributed by atoms with Crippen molar-refractivity contribution in [3.63, 3.8) is 0 Å². The predicted octanol–water partition coefficient (Wildman–Crippen LogP) is 3.72. The fraction of sp³-hybridized carbons (Fsp3) is 0.615. The van der Waals surface area contributed by atoms with Crippen LogP contribution in [0.2, 0.25) is 0 Å². The number of methoxy groups -OCH3 is 2. The number of rotatable bonds is 4. The summed E-state index contributed by atoms with van der Waals surface area (Å²) < 4.78 is 10.4. The number of aromatic nitrogens is 1. The van der Waals surface area contributed by atoms with E-state index in [1.165, 1.54) is 0 Å². The van der Waals surface area contributed by atoms with Gasteiger partial charge in [-0.2, -0.15) is 0 Å². The quantitative estimate of drug-likeness (QED) is 0.860. The Morgan fingerprint density at radius 3 is 2.06 bits per heavy atom. The van der Waals surface area contributed by atoms with Crippen molar-refractivity contribution in [2.24, 2.45) is 0 Å². The van der Waals surface area contributed by atoms with Gasteiger partial charge in [-0.15, -0.1) is 0 Å². The number of H-pyrrole nitrogens is 1. The van der Waals surface area contributed by atoms with Crippen LogP contribution in [0.3, 0.4) is 0 Å². The average molecular weight is 322 g/mol. The van der Waals surface area contributed by atoms with E-state index in [1.54, 1.807) is 14.2 Å². The predicted molar refractivity (Wildman–Crippen MR) is 78.2 cm³/mol. The Morgan fingerprint density at radius 1 is 1.28 bits per heavy atom. The van der Waals surface area contributed by atoms with E-state index in [0.29, 0.717) is 12.3 Å². The largest absolute Gasteiger partial charge is 0.385 e. The highest BCUT2D eigenvalue weighted by Gasteiger charge is 2.10. The van der Waals surface area contributed by atoms with Gasteiger partial charge in [0.25, 0.3) is 0 Å². The molecule has 0 aliphatic carbocycles. The van der Waals surface area contributed by atoms with Crippen molar-refractivity contribution in [2.45, 2.75) is 34.3 Å². The molecule has 0 saturated carbocycles. The van der Waals surface area contributed by atoms with Crippen molar-refractivity contribution in [1.82, 2.24) is 4.98 Å². The molecule has 0 radical (unpaired) electrons. The van der Waals surface area contributed by atoms with Crippen LogP contribution >= 0.6 is 15.9 Å². The van der Waals surface area contributed by atoms with Gasteiger partial charge in [0.2, 0.25) is 0 Å². The minimum absolute atomic E-state index is 0.481. The molecule has 5 heteroatoms. The summed E-state index contributed by atoms with van der Waals surface area (Å²) in [7, 11) is 3.29. The lowest BCUT2D eigenvalue weighted by atomic mass is 10.3. The molecule has 0 unspecified atom stereocenters. The summed E-state index contributed by atoms with van der Waals surface area (Å²) in [5.74, 6) is 0. The molecule has 106 valence electrons. The number of aromatic amines is 1. The smallest absolute Gasteiger partial charge is 0.166 e. The lowest BCUT2D eigenvalue weighted by molar-refractivity contribution is 0.111. The molecule has 0 fully saturated rings. The zero-order valence-corrected chi connectivity index (χ0v) is 13.7. The molecular formula is C13H24BrNO3. The number of halogens is 1. The molecular weight excluding hydrogens is 298 g/mol. The van der Waals surface area contributed by atoms with E-state index in [1.807, 2.05) is 27.7 Å². The molecule has 0 saturated heterocycles. The lowest BCUT2D eigenvalue weighted by Crippen LogP contribution is -1.88. The van der Waals surface area contributed by atoms with Gasteiger partial charge in [-0.3, -0.25) is 4.79 Å². The zero-order chi connectivity index (χ0) is 14.6. The summed E-state index contributed by atoms with van der Waals surface area (Å²) in [4.78, 5) is 13.5. The molecule has 0 bridgehead atoms. The van der Waals surface area contributed by atoms with Gasteiger partial charge in [0.1, 0.15) is 0 Å². The van der Waals surface area contributed by atoms with Crippen LogP contribution in [0.4, 0.5) is 0 Å². The van der Waals surface area contributed by atoms with Gasteiger partial charge in [-0.25, -0.2) is 0 Å². The average Bonchev–Trinajstić information content (AvgIpc) is 2.69. The van der Waals surface area contributed by atoms with E-state index in [0.717, 1.165) is 28.6 Å². The second kappa shape index (κ2) is 12.8. The van der Waals surface area contributed by atoms with E-state index in [9.17, 15) is 4.79 Å². The van der Waals surface area contributed by atoms with Gasteiger partial charge in [-0.05, 0) is 35.3 Å². The normalized spacial score (nSPS) is 8.83. The second-order valence-corrected chi connectivity index (χ2v) is 3.88. The minimum Gasteiger partial charge on any atom is -0.385 e. The first kappa shape index (κ1) is 19.7. The Kier molecular flexibility index (Phi) is 14.0. The SMILES string of the molecule is CC.CCOC.COCc1[nH]c(C=O)c(C)c1Br. The van der Waals surface area contributed by atoms with E-state index in [-0.39, 0.29) is 0 Å². The van der Waals surface area contributed by atoms with Crippen LogP contribution in [0.15, 0.2) is 4.47 Å². The molecule has 1 aromatic rings. The molecule has 0 aliphatic rings. The summed E-state index contributed by atoms with van der Waals surface area (Å²) in [6.45, 7) is 9.14. The first-order valence-corrected chi connectivity index (χ1v) is 6.71. The van der Waals surface area contributed by atoms with Crippen LogP contribution in [-0.2, 0) is 16.1 Å². The lowest BCUT2D eigenvalue weighted by Gasteiger charge is -1.95. The fourth-order valence-electron chi connectivity index (χ4n) is 1.02. The van der Waals surface area contributed by atoms with E-state index >= 15 is 0 Å². The number of aldehydes is 1. The van der Waals surface area contributed by atoms with Gasteiger partial charge in [-0.1, -0.05) is 13.8 Å². The second-order valence-electron chi connectivity index (χ2n) is 3.08. The third kappa shape index (κ3) is 6.93. The first-order chi connectivity index (χ1) is 8.62. The third-order valence-electron chi connectivity index (χ3n) is 1.98. The summed E-state index contributed by atoms with van der Waals surface area (Å²) >= 11 is 3.37. The number of carbonyl (C=O) groups is 1. The van der Waals surface area contributed by atoms with Crippen LogP contribution in [-0.4, -0.2) is 32.1 Å². The molecule has 1 heterocycles. The Balaban J connectivity index is 0. The summed E-state index contributed by atoms with van der Waals surface area (Å²) in [6.07, 6.45) is 0.805. The van der Waals surface area contributed by atoms with Gasteiger partial charge in [0.05, 0.1) is 18.0 Å². The van der Waals surface area contributed by atoms with E-state index in [2.05, 4.69) is 25.7 Å². The molecule has 0 atom stereocenters. The zero-order valence-electron chi connectivity index (χ0n) is 12.1. The Hall–Kier alpha value is -0.650. The maximum Gasteiger partial charge on any atom is 0.166 e. The fourth-order valence-corrected chi connectivity index (χ4v) is 1.44. The minimum atomic E-state index is 0.481. The molecule has 1 rings (SSSR count). The summed E-state index contributed by atoms with van der Waals surface area (Å²) in [5.41, 5.74) is 2.43. The maximum atomic E-state index is 10.5. The molecule has 18 heavy (non-hydrogen) atoms. The molecule has 0 amide bonds. The topological polar surface area (TPSA) is 51.3 Å². The van der Waals surface area contributed by atoms with Gasteiger partial charge in [0, 0.05) is 25.3 Å². The van der Waals surface area contributed by atoms with Crippen LogP contribution < -0.4 is 0 Å². The highest BCUT2D eigenvalue weighted by Crippen LogP contribution is 2.23. The molecule has 0 spiro atoms. The highest BCUT2D eigenvalue weighted by molar-refractivity contribution is 9.10. The van der Waals surface area contributed by atoms with Gasteiger partial charge >= 0.3 is 0 Å². The standard InChI is InChI=1S/C8H10BrNO2.C3H8O.C2H6/c1-5-6(3-11)10-7(4-12-2)8(5)9;1-3-4-2;1-2/h3,10H,4H2,1-2H3;3H2,1-2H3;1-2H3. The number of nitrogens with one attached hydrogen (secondary N) is 1. The van der Waals surface area contributed by atoms with Crippen molar-refractivity contribution >= 4 is 22.2 Å². The van der Waals surface area contributed by atoms with Crippen LogP contribution in [0.1, 0.15) is 42.5 Å². The number of hydrogen-bond donors (Lipinski definition) is 1. The summed E-state index contributed by atoms with van der Waals surface area (Å²) in [5, 5.41) is 0. The molecule has 4 nitrogen and oxygen atoms in total. The van der Waals surface area contributed by atoms with Crippen LogP contribution in [0.5, 0.6) is 0 Å². The van der Waals surface area contributed by atoms with Crippen molar-refractivity contribution in [2.75, 3.05) is 20.8 Å². The maximum absolute atomic E-state index is 10.5. The monoisotopic (exact) mass is 321 g/mol. The Bertz CT molecular complexity index is 322. The number of carbonyl (C=O) groups excluding carboxylic acids is 1. The Labute approximate surface area is 118 Å². The molecule has 1 N–H and O–H groups in total. The summed E-state index contributed by atoms with van der Waals surface area (Å²) in [6, 6.07) is 0. The number of ether oxygens (including phenoxy) is 2.